The fourth-order valence-corrected chi connectivity index (χ4v) is 3.37. The fraction of sp³-hybridized carbons (Fsp3) is 0.118. The molecule has 2 bridgehead atoms. The first-order valence-corrected chi connectivity index (χ1v) is 7.53. The minimum Gasteiger partial charge on any atom is -0.506 e. The number of ketones is 1. The molecule has 104 valence electrons. The van der Waals surface area contributed by atoms with Crippen molar-refractivity contribution in [3.63, 3.8) is 0 Å². The van der Waals surface area contributed by atoms with Crippen molar-refractivity contribution in [1.29, 1.82) is 0 Å². The van der Waals surface area contributed by atoms with Crippen molar-refractivity contribution >= 4 is 44.2 Å². The summed E-state index contributed by atoms with van der Waals surface area (Å²) < 4.78 is 6.35. The number of benzene rings is 2. The summed E-state index contributed by atoms with van der Waals surface area (Å²) in [6, 6.07) is 9.35. The van der Waals surface area contributed by atoms with Gasteiger partial charge in [0.2, 0.25) is 5.78 Å². The Bertz CT molecular complexity index is 917. The number of rotatable bonds is 2. The Hall–Kier alpha value is -2.07. The van der Waals surface area contributed by atoms with Crippen LogP contribution >= 0.6 is 15.9 Å². The molecule has 0 atom stereocenters. The topological polar surface area (TPSA) is 50.4 Å². The van der Waals surface area contributed by atoms with Crippen LogP contribution in [0.25, 0.3) is 22.5 Å². The van der Waals surface area contributed by atoms with Crippen LogP contribution < -0.4 is 0 Å². The van der Waals surface area contributed by atoms with E-state index in [4.69, 9.17) is 4.42 Å². The minimum absolute atomic E-state index is 0.0251. The van der Waals surface area contributed by atoms with E-state index in [-0.39, 0.29) is 11.5 Å². The highest BCUT2D eigenvalue weighted by molar-refractivity contribution is 9.10. The molecule has 4 heteroatoms. The minimum atomic E-state index is -0.162. The van der Waals surface area contributed by atoms with E-state index >= 15 is 0 Å². The molecule has 0 saturated carbocycles. The van der Waals surface area contributed by atoms with Gasteiger partial charge in [0.1, 0.15) is 16.9 Å². The summed E-state index contributed by atoms with van der Waals surface area (Å²) >= 11 is 3.43. The lowest BCUT2D eigenvalue weighted by Gasteiger charge is -2.09. The quantitative estimate of drug-likeness (QED) is 0.726. The Morgan fingerprint density at radius 1 is 1.14 bits per heavy atom. The molecule has 3 aromatic rings. The molecule has 2 aromatic heterocycles. The summed E-state index contributed by atoms with van der Waals surface area (Å²) in [6.45, 7) is 2.03. The van der Waals surface area contributed by atoms with E-state index in [1.54, 1.807) is 12.1 Å². The van der Waals surface area contributed by atoms with Gasteiger partial charge in [-0.25, -0.2) is 0 Å². The van der Waals surface area contributed by atoms with Gasteiger partial charge in [-0.2, -0.15) is 0 Å². The van der Waals surface area contributed by atoms with Gasteiger partial charge < -0.3 is 9.52 Å². The fourth-order valence-electron chi connectivity index (χ4n) is 3.01. The molecule has 0 unspecified atom stereocenters. The van der Waals surface area contributed by atoms with Crippen LogP contribution in [-0.4, -0.2) is 10.9 Å². The van der Waals surface area contributed by atoms with E-state index in [0.29, 0.717) is 27.9 Å². The average Bonchev–Trinajstić information content (AvgIpc) is 3.13. The van der Waals surface area contributed by atoms with Crippen molar-refractivity contribution in [2.45, 2.75) is 13.3 Å². The standard InChI is InChI=1S/C17H11BrO3/c1-2-8-3-4-9(18)7-10(8)13-16(19)14-11-5-6-12(21-11)15(14)17(13)20/h3-7,19H,2H2,1H3. The zero-order chi connectivity index (χ0) is 14.7. The maximum Gasteiger partial charge on any atom is 0.202 e. The van der Waals surface area contributed by atoms with Gasteiger partial charge in [-0.1, -0.05) is 28.9 Å². The lowest BCUT2D eigenvalue weighted by atomic mass is 9.95. The molecule has 0 radical (unpaired) electrons. The summed E-state index contributed by atoms with van der Waals surface area (Å²) in [7, 11) is 0. The van der Waals surface area contributed by atoms with Crippen LogP contribution in [0.3, 0.4) is 0 Å². The number of aliphatic hydroxyl groups excluding tert-OH is 1. The Balaban J connectivity index is 2.00. The predicted octanol–water partition coefficient (Wildman–Crippen LogP) is 4.82. The molecule has 1 aliphatic carbocycles. The smallest absolute Gasteiger partial charge is 0.202 e. The van der Waals surface area contributed by atoms with Crippen molar-refractivity contribution in [3.8, 4) is 0 Å². The Morgan fingerprint density at radius 3 is 2.52 bits per heavy atom. The van der Waals surface area contributed by atoms with Crippen LogP contribution in [0.1, 0.15) is 34.0 Å². The van der Waals surface area contributed by atoms with Crippen molar-refractivity contribution < 1.29 is 14.3 Å². The number of furan rings is 2. The highest BCUT2D eigenvalue weighted by Gasteiger charge is 2.37. The molecular weight excluding hydrogens is 332 g/mol. The summed E-state index contributed by atoms with van der Waals surface area (Å²) in [4.78, 5) is 12.7. The van der Waals surface area contributed by atoms with E-state index < -0.39 is 0 Å². The maximum absolute atomic E-state index is 12.7. The van der Waals surface area contributed by atoms with Crippen molar-refractivity contribution in [3.05, 3.63) is 57.1 Å². The van der Waals surface area contributed by atoms with Gasteiger partial charge in [0, 0.05) is 4.47 Å². The normalized spacial score (nSPS) is 14.5. The van der Waals surface area contributed by atoms with Crippen molar-refractivity contribution in [2.24, 2.45) is 0 Å². The molecule has 3 nitrogen and oxygen atoms in total. The van der Waals surface area contributed by atoms with Gasteiger partial charge in [0.05, 0.1) is 16.7 Å². The first-order valence-electron chi connectivity index (χ1n) is 6.73. The zero-order valence-corrected chi connectivity index (χ0v) is 12.8. The number of aliphatic hydroxyl groups is 1. The van der Waals surface area contributed by atoms with Crippen LogP contribution in [0, 0.1) is 0 Å². The molecule has 21 heavy (non-hydrogen) atoms. The third-order valence-corrected chi connectivity index (χ3v) is 4.49. The SMILES string of the molecule is CCc1ccc(Br)cc1C1=C(O)c2c(c3ccc2o3)C1=O. The van der Waals surface area contributed by atoms with E-state index in [0.717, 1.165) is 22.0 Å². The van der Waals surface area contributed by atoms with Crippen LogP contribution in [0.2, 0.25) is 0 Å². The number of carbonyl (C=O) groups is 1. The predicted molar refractivity (Wildman–Crippen MR) is 84.7 cm³/mol. The van der Waals surface area contributed by atoms with E-state index in [1.807, 2.05) is 25.1 Å². The number of Topliss-reactive ketones (excluding diaryl/α,β-unsaturated/α-hetero) is 1. The molecule has 2 heterocycles. The molecule has 0 aliphatic heterocycles. The van der Waals surface area contributed by atoms with Gasteiger partial charge in [-0.3, -0.25) is 4.79 Å². The highest BCUT2D eigenvalue weighted by atomic mass is 79.9. The van der Waals surface area contributed by atoms with Crippen LogP contribution in [0.4, 0.5) is 0 Å². The van der Waals surface area contributed by atoms with Gasteiger partial charge in [-0.15, -0.1) is 0 Å². The number of halogens is 1. The number of allylic oxidation sites excluding steroid dienone is 1. The second kappa shape index (κ2) is 4.21. The maximum atomic E-state index is 12.7. The van der Waals surface area contributed by atoms with E-state index in [2.05, 4.69) is 15.9 Å². The number of aryl methyl sites for hydroxylation is 1. The Morgan fingerprint density at radius 2 is 1.86 bits per heavy atom. The summed E-state index contributed by atoms with van der Waals surface area (Å²) in [5.74, 6) is -0.137. The second-order valence-corrected chi connectivity index (χ2v) is 6.04. The molecular formula is C17H11BrO3. The Labute approximate surface area is 129 Å². The number of hydrogen-bond donors (Lipinski definition) is 1. The highest BCUT2D eigenvalue weighted by Crippen LogP contribution is 2.45. The molecule has 1 N–H and O–H groups in total. The summed E-state index contributed by atoms with van der Waals surface area (Å²) in [6.07, 6.45) is 0.791. The van der Waals surface area contributed by atoms with Crippen LogP contribution in [-0.2, 0) is 6.42 Å². The third-order valence-electron chi connectivity index (χ3n) is 4.00. The van der Waals surface area contributed by atoms with Gasteiger partial charge >= 0.3 is 0 Å². The Kier molecular flexibility index (Phi) is 2.54. The van der Waals surface area contributed by atoms with Crippen molar-refractivity contribution in [1.82, 2.24) is 0 Å². The molecule has 1 aromatic carbocycles. The van der Waals surface area contributed by atoms with Crippen molar-refractivity contribution in [2.75, 3.05) is 0 Å². The molecule has 1 aliphatic rings. The largest absolute Gasteiger partial charge is 0.506 e. The van der Waals surface area contributed by atoms with Gasteiger partial charge in [0.25, 0.3) is 0 Å². The van der Waals surface area contributed by atoms with Crippen LogP contribution in [0.15, 0.2) is 39.2 Å². The second-order valence-electron chi connectivity index (χ2n) is 5.12. The number of carbonyl (C=O) groups excluding carboxylic acids is 1. The lowest BCUT2D eigenvalue weighted by molar-refractivity contribution is 0.106. The average molecular weight is 343 g/mol. The molecule has 0 fully saturated rings. The molecule has 0 spiro atoms. The van der Waals surface area contributed by atoms with Gasteiger partial charge in [0.15, 0.2) is 0 Å². The first-order chi connectivity index (χ1) is 10.1. The molecule has 0 saturated heterocycles. The van der Waals surface area contributed by atoms with E-state index in [1.165, 1.54) is 0 Å². The summed E-state index contributed by atoms with van der Waals surface area (Å²) in [5, 5.41) is 10.6. The first kappa shape index (κ1) is 12.7. The molecule has 0 amide bonds. The zero-order valence-electron chi connectivity index (χ0n) is 11.2. The monoisotopic (exact) mass is 342 g/mol. The van der Waals surface area contributed by atoms with Gasteiger partial charge in [-0.05, 0) is 41.8 Å². The summed E-state index contributed by atoms with van der Waals surface area (Å²) in [5.41, 5.74) is 4.32. The third kappa shape index (κ3) is 1.56. The number of hydrogen-bond acceptors (Lipinski definition) is 3. The lowest BCUT2D eigenvalue weighted by Crippen LogP contribution is -2.01. The van der Waals surface area contributed by atoms with Crippen LogP contribution in [0.5, 0.6) is 0 Å². The number of fused-ring (bicyclic) bond motifs is 5. The molecule has 4 rings (SSSR count). The van der Waals surface area contributed by atoms with E-state index in [9.17, 15) is 9.90 Å².